The van der Waals surface area contributed by atoms with Crippen molar-refractivity contribution in [1.29, 1.82) is 0 Å². The van der Waals surface area contributed by atoms with Crippen molar-refractivity contribution >= 4 is 55.5 Å². The number of Topliss-reactive ketones (excluding diaryl/α,β-unsaturated/α-hetero) is 1. The molecule has 4 saturated heterocycles. The summed E-state index contributed by atoms with van der Waals surface area (Å²) in [4.78, 5) is 51.5. The molecule has 0 aromatic heterocycles. The fourth-order valence-electron chi connectivity index (χ4n) is 7.95. The summed E-state index contributed by atoms with van der Waals surface area (Å²) in [5.41, 5.74) is -7.89. The van der Waals surface area contributed by atoms with E-state index < -0.39 is 38.5 Å². The van der Waals surface area contributed by atoms with Gasteiger partial charge < -0.3 is 61.0 Å². The van der Waals surface area contributed by atoms with Crippen LogP contribution in [0.15, 0.2) is 23.4 Å². The first-order chi connectivity index (χ1) is 35.5. The Labute approximate surface area is 470 Å². The van der Waals surface area contributed by atoms with Gasteiger partial charge in [-0.1, -0.05) is 6.08 Å². The summed E-state index contributed by atoms with van der Waals surface area (Å²) < 4.78 is 115. The van der Waals surface area contributed by atoms with Gasteiger partial charge in [0, 0.05) is 64.8 Å². The van der Waals surface area contributed by atoms with Crippen LogP contribution in [0.3, 0.4) is 0 Å². The molecule has 452 valence electrons. The maximum absolute atomic E-state index is 12.3. The van der Waals surface area contributed by atoms with Crippen LogP contribution >= 0.6 is 0 Å². The van der Waals surface area contributed by atoms with Crippen molar-refractivity contribution in [1.82, 2.24) is 14.7 Å². The zero-order chi connectivity index (χ0) is 60.8. The van der Waals surface area contributed by atoms with Crippen molar-refractivity contribution in [3.8, 4) is 0 Å². The number of likely N-dealkylation sites (tertiary alicyclic amines) is 1. The van der Waals surface area contributed by atoms with E-state index in [2.05, 4.69) is 93.3 Å². The molecule has 26 heteroatoms. The fourth-order valence-corrected chi connectivity index (χ4v) is 8.48. The van der Waals surface area contributed by atoms with E-state index in [0.29, 0.717) is 45.2 Å². The predicted molar refractivity (Wildman–Crippen MR) is 296 cm³/mol. The number of halogens is 3. The van der Waals surface area contributed by atoms with Crippen LogP contribution in [0.25, 0.3) is 0 Å². The lowest BCUT2D eigenvalue weighted by Gasteiger charge is -2.32. The molecular weight excluding hydrogens is 1060 g/mol. The summed E-state index contributed by atoms with van der Waals surface area (Å²) in [7, 11) is -6.56. The number of ketones is 1. The van der Waals surface area contributed by atoms with E-state index in [4.69, 9.17) is 42.1 Å². The minimum atomic E-state index is -5.68. The molecule has 0 radical (unpaired) electrons. The van der Waals surface area contributed by atoms with Crippen molar-refractivity contribution in [2.45, 2.75) is 252 Å². The van der Waals surface area contributed by atoms with E-state index in [9.17, 15) is 40.8 Å². The molecule has 0 aliphatic carbocycles. The Kier molecular flexibility index (Phi) is 22.9. The molecule has 0 spiro atoms. The average molecular weight is 1150 g/mol. The van der Waals surface area contributed by atoms with Crippen LogP contribution < -0.4 is 0 Å². The first-order valence-corrected chi connectivity index (χ1v) is 28.8. The van der Waals surface area contributed by atoms with E-state index in [1.165, 1.54) is 4.90 Å². The summed E-state index contributed by atoms with van der Waals surface area (Å²) in [6.45, 7) is 43.3. The van der Waals surface area contributed by atoms with Crippen LogP contribution in [-0.2, 0) is 61.2 Å². The molecule has 19 nitrogen and oxygen atoms in total. The smallest absolute Gasteiger partial charge is 0.444 e. The number of allylic oxidation sites excluding steroid dienone is 2. The Morgan fingerprint density at radius 3 is 1.25 bits per heavy atom. The molecule has 6 heterocycles. The number of rotatable bonds is 5. The highest BCUT2D eigenvalue weighted by Gasteiger charge is 2.57. The predicted octanol–water partition coefficient (Wildman–Crippen LogP) is 11.0. The lowest BCUT2D eigenvalue weighted by molar-refractivity contribution is -0.118. The number of amides is 3. The third kappa shape index (κ3) is 21.3. The van der Waals surface area contributed by atoms with Gasteiger partial charge in [-0.05, 0) is 183 Å². The molecule has 0 unspecified atom stereocenters. The van der Waals surface area contributed by atoms with Crippen molar-refractivity contribution in [2.75, 3.05) is 39.3 Å². The molecule has 0 atom stereocenters. The molecular formula is C53H93B3F3N3O16S. The third-order valence-electron chi connectivity index (χ3n) is 14.4. The van der Waals surface area contributed by atoms with Crippen LogP contribution in [0.4, 0.5) is 27.6 Å². The van der Waals surface area contributed by atoms with E-state index in [-0.39, 0.29) is 105 Å². The molecule has 0 N–H and O–H groups in total. The first-order valence-electron chi connectivity index (χ1n) is 27.4. The van der Waals surface area contributed by atoms with Gasteiger partial charge in [0.05, 0.1) is 33.6 Å². The Morgan fingerprint density at radius 2 is 0.861 bits per heavy atom. The van der Waals surface area contributed by atoms with Gasteiger partial charge in [0.25, 0.3) is 0 Å². The molecule has 4 fully saturated rings. The summed E-state index contributed by atoms with van der Waals surface area (Å²) >= 11 is 0. The van der Waals surface area contributed by atoms with Gasteiger partial charge in [-0.3, -0.25) is 4.79 Å². The third-order valence-corrected chi connectivity index (χ3v) is 15.4. The van der Waals surface area contributed by atoms with E-state index in [1.807, 2.05) is 41.5 Å². The van der Waals surface area contributed by atoms with Gasteiger partial charge in [-0.25, -0.2) is 14.4 Å². The molecule has 79 heavy (non-hydrogen) atoms. The summed E-state index contributed by atoms with van der Waals surface area (Å²) in [6.07, 6.45) is 6.39. The van der Waals surface area contributed by atoms with E-state index >= 15 is 0 Å². The zero-order valence-electron chi connectivity index (χ0n) is 51.2. The molecule has 0 bridgehead atoms. The number of carbonyl (C=O) groups is 4. The number of ether oxygens (including phenoxy) is 3. The molecule has 6 aliphatic heterocycles. The Balaban J connectivity index is 0.000000280. The maximum atomic E-state index is 12.3. The lowest BCUT2D eigenvalue weighted by Crippen LogP contribution is -2.41. The highest BCUT2D eigenvalue weighted by molar-refractivity contribution is 7.87. The van der Waals surface area contributed by atoms with Crippen molar-refractivity contribution in [3.05, 3.63) is 23.4 Å². The van der Waals surface area contributed by atoms with E-state index in [1.54, 1.807) is 30.6 Å². The molecule has 0 aromatic carbocycles. The number of hydrogen-bond acceptors (Lipinski definition) is 16. The number of carbonyl (C=O) groups excluding carboxylic acids is 4. The number of hydrogen-bond donors (Lipinski definition) is 0. The fraction of sp³-hybridized carbons (Fsp3) is 0.849. The van der Waals surface area contributed by atoms with Crippen LogP contribution in [-0.4, -0.2) is 164 Å². The molecule has 6 rings (SSSR count). The zero-order valence-corrected chi connectivity index (χ0v) is 52.0. The van der Waals surface area contributed by atoms with Gasteiger partial charge >= 0.3 is 55.3 Å². The van der Waals surface area contributed by atoms with Gasteiger partial charge in [0.2, 0.25) is 0 Å². The quantitative estimate of drug-likeness (QED) is 0.109. The average Bonchev–Trinajstić information content (AvgIpc) is 3.49. The Hall–Kier alpha value is -3.55. The number of alkyl halides is 3. The van der Waals surface area contributed by atoms with Crippen molar-refractivity contribution < 1.29 is 87.1 Å². The van der Waals surface area contributed by atoms with Crippen LogP contribution in [0, 0.1) is 0 Å². The SMILES string of the molecule is CC(C)(C)OC(=O)N1CC=C(B2OC(C)(C)C(C)(C)O2)CCC1.CC(C)(C)OC(=O)N1CC=C(OS(=O)(=O)C(F)(F)F)CCC1.CC(C)(C)OC(=O)N1CCCC(=O)CC1.CC1(C)OB(CB2OC(C)(C)C(C)(C)O2)OC1(C)C. The second kappa shape index (κ2) is 25.9. The maximum Gasteiger partial charge on any atom is 0.534 e. The van der Waals surface area contributed by atoms with Gasteiger partial charge in [-0.2, -0.15) is 21.6 Å². The van der Waals surface area contributed by atoms with Crippen LogP contribution in [0.5, 0.6) is 0 Å². The Morgan fingerprint density at radius 1 is 0.519 bits per heavy atom. The number of nitrogens with zero attached hydrogens (tertiary/aromatic N) is 3. The molecule has 6 aliphatic rings. The van der Waals surface area contributed by atoms with Crippen LogP contribution in [0.2, 0.25) is 6.22 Å². The van der Waals surface area contributed by atoms with Gasteiger partial charge in [0.1, 0.15) is 28.3 Å². The summed E-state index contributed by atoms with van der Waals surface area (Å²) in [5.74, 6) is -0.0931. The van der Waals surface area contributed by atoms with Crippen molar-refractivity contribution in [2.24, 2.45) is 0 Å². The second-order valence-electron chi connectivity index (χ2n) is 26.5. The van der Waals surface area contributed by atoms with Crippen molar-refractivity contribution in [3.63, 3.8) is 0 Å². The van der Waals surface area contributed by atoms with Gasteiger partial charge in [0.15, 0.2) is 0 Å². The Bertz CT molecular complexity index is 2210. The standard InChI is InChI=1S/C17H30BNO4.C13H26B2O4.C12H18F3NO5S.C11H19NO3/c1-15(2,3)21-14(20)19-11-8-9-13(10-12-19)18-22-16(4,5)17(6,7)23-18;1-10(2)11(3,4)17-14(16-10)9-15-18-12(5,6)13(7,8)19-15;1-11(2,3)20-10(17)16-7-4-5-9(6-8-16)21-22(18,19)12(13,14)15;1-11(2,3)15-10(14)12-7-4-5-9(13)6-8-12/h10H,8-9,11-12H2,1-7H3;9H2,1-8H3;6H,4-5,7-8H2,1-3H3;4-8H2,1-3H3. The summed E-state index contributed by atoms with van der Waals surface area (Å²) in [6, 6.07) is 0. The van der Waals surface area contributed by atoms with E-state index in [0.717, 1.165) is 30.8 Å². The second-order valence-corrected chi connectivity index (χ2v) is 28.1. The topological polar surface area (TPSA) is 204 Å². The van der Waals surface area contributed by atoms with Gasteiger partial charge in [-0.15, -0.1) is 0 Å². The highest BCUT2D eigenvalue weighted by Crippen LogP contribution is 2.43. The highest BCUT2D eigenvalue weighted by atomic mass is 32.2. The minimum absolute atomic E-state index is 0.0192. The minimum Gasteiger partial charge on any atom is -0.444 e. The molecule has 0 aromatic rings. The lowest BCUT2D eigenvalue weighted by atomic mass is 9.64. The molecule has 0 saturated carbocycles. The normalized spacial score (nSPS) is 22.9. The largest absolute Gasteiger partial charge is 0.534 e. The molecule has 3 amide bonds. The summed E-state index contributed by atoms with van der Waals surface area (Å²) in [5, 5.41) is 0. The first kappa shape index (κ1) is 69.7. The van der Waals surface area contributed by atoms with Crippen LogP contribution in [0.1, 0.15) is 190 Å². The monoisotopic (exact) mass is 1150 g/mol.